The number of fused-ring (bicyclic) bond motifs is 1. The molecule has 2 unspecified atom stereocenters. The summed E-state index contributed by atoms with van der Waals surface area (Å²) in [5, 5.41) is 0.297. The topological polar surface area (TPSA) is 0 Å². The number of hydrogen-bond acceptors (Lipinski definition) is 0. The van der Waals surface area contributed by atoms with Crippen LogP contribution in [-0.2, 0) is 5.16 Å². The van der Waals surface area contributed by atoms with Crippen LogP contribution in [0, 0.1) is 13.8 Å². The van der Waals surface area contributed by atoms with Crippen molar-refractivity contribution in [2.75, 3.05) is 6.16 Å². The molecule has 2 rings (SSSR count). The van der Waals surface area contributed by atoms with Gasteiger partial charge in [-0.3, -0.25) is 0 Å². The lowest BCUT2D eigenvalue weighted by atomic mass is 9.91. The van der Waals surface area contributed by atoms with Crippen LogP contribution in [0.1, 0.15) is 56.4 Å². The monoisotopic (exact) mass is 260 g/mol. The second kappa shape index (κ2) is 4.82. The normalized spacial score (nSPS) is 23.2. The molecule has 98 valence electrons. The highest BCUT2D eigenvalue weighted by molar-refractivity contribution is 7.39. The Morgan fingerprint density at radius 2 is 1.67 bits per heavy atom. The summed E-state index contributed by atoms with van der Waals surface area (Å²) in [6, 6.07) is 4.58. The molecule has 0 saturated heterocycles. The van der Waals surface area contributed by atoms with Crippen LogP contribution < -0.4 is 0 Å². The maximum absolute atomic E-state index is 2.46. The van der Waals surface area contributed by atoms with Gasteiger partial charge in [-0.05, 0) is 68.6 Å². The highest BCUT2D eigenvalue weighted by atomic mass is 31.1. The van der Waals surface area contributed by atoms with Crippen molar-refractivity contribution in [3.8, 4) is 0 Å². The molecule has 0 aromatic heterocycles. The maximum atomic E-state index is 2.46. The van der Waals surface area contributed by atoms with Crippen LogP contribution in [0.15, 0.2) is 17.7 Å². The number of aryl methyl sites for hydroxylation is 2. The van der Waals surface area contributed by atoms with E-state index in [1.807, 2.05) is 0 Å². The smallest absolute Gasteiger partial charge is 0.0316 e. The summed E-state index contributed by atoms with van der Waals surface area (Å²) in [5.74, 6) is 0. The molecule has 1 aromatic carbocycles. The van der Waals surface area contributed by atoms with Crippen LogP contribution in [-0.4, -0.2) is 6.16 Å². The third kappa shape index (κ3) is 1.86. The molecule has 0 N–H and O–H groups in total. The molecule has 0 nitrogen and oxygen atoms in total. The molecule has 0 spiro atoms. The average molecular weight is 260 g/mol. The molecule has 2 atom stereocenters. The van der Waals surface area contributed by atoms with E-state index in [0.717, 1.165) is 8.58 Å². The minimum Gasteiger partial charge on any atom is -0.107 e. The summed E-state index contributed by atoms with van der Waals surface area (Å²) in [7, 11) is 1.01. The highest BCUT2D eigenvalue weighted by Gasteiger charge is 2.38. The molecule has 1 aliphatic carbocycles. The van der Waals surface area contributed by atoms with Crippen LogP contribution in [0.2, 0.25) is 0 Å². The van der Waals surface area contributed by atoms with Gasteiger partial charge in [-0.1, -0.05) is 31.1 Å². The van der Waals surface area contributed by atoms with Gasteiger partial charge in [0.15, 0.2) is 0 Å². The van der Waals surface area contributed by atoms with Crippen molar-refractivity contribution >= 4 is 14.2 Å². The van der Waals surface area contributed by atoms with Gasteiger partial charge in [0.2, 0.25) is 0 Å². The minimum atomic E-state index is 0.297. The predicted octanol–water partition coefficient (Wildman–Crippen LogP) is 5.41. The lowest BCUT2D eigenvalue weighted by Crippen LogP contribution is -2.17. The van der Waals surface area contributed by atoms with Crippen molar-refractivity contribution in [2.45, 2.75) is 53.1 Å². The van der Waals surface area contributed by atoms with Crippen molar-refractivity contribution in [3.05, 3.63) is 40.0 Å². The number of allylic oxidation sites excluding steroid dienone is 2. The lowest BCUT2D eigenvalue weighted by molar-refractivity contribution is 0.813. The third-order valence-electron chi connectivity index (χ3n) is 4.54. The fraction of sp³-hybridized carbons (Fsp3) is 0.529. The SMILES string of the molecule is CCCPC1(C)C(C)=C(C)c2c(C)ccc(C)c21. The maximum Gasteiger partial charge on any atom is 0.0316 e. The van der Waals surface area contributed by atoms with Gasteiger partial charge in [0.1, 0.15) is 0 Å². The zero-order valence-electron chi connectivity index (χ0n) is 12.6. The predicted molar refractivity (Wildman–Crippen MR) is 85.0 cm³/mol. The van der Waals surface area contributed by atoms with Crippen molar-refractivity contribution in [3.63, 3.8) is 0 Å². The Hall–Kier alpha value is -0.610. The van der Waals surface area contributed by atoms with Crippen LogP contribution in [0.3, 0.4) is 0 Å². The summed E-state index contributed by atoms with van der Waals surface area (Å²) in [5.41, 5.74) is 9.19. The first-order valence-corrected chi connectivity index (χ1v) is 8.18. The van der Waals surface area contributed by atoms with E-state index < -0.39 is 0 Å². The molecule has 0 heterocycles. The first-order chi connectivity index (χ1) is 8.43. The van der Waals surface area contributed by atoms with E-state index in [1.54, 1.807) is 16.7 Å². The number of rotatable bonds is 3. The largest absolute Gasteiger partial charge is 0.107 e. The molecular formula is C17H25P. The Balaban J connectivity index is 2.64. The summed E-state index contributed by atoms with van der Waals surface area (Å²) in [6.45, 7) is 13.9. The Morgan fingerprint density at radius 1 is 1.06 bits per heavy atom. The first kappa shape index (κ1) is 13.8. The first-order valence-electron chi connectivity index (χ1n) is 6.97. The molecule has 0 saturated carbocycles. The van der Waals surface area contributed by atoms with Crippen molar-refractivity contribution in [1.29, 1.82) is 0 Å². The lowest BCUT2D eigenvalue weighted by Gasteiger charge is -2.30. The number of benzene rings is 1. The van der Waals surface area contributed by atoms with Crippen molar-refractivity contribution in [1.82, 2.24) is 0 Å². The summed E-state index contributed by atoms with van der Waals surface area (Å²) >= 11 is 0. The number of hydrogen-bond donors (Lipinski definition) is 0. The van der Waals surface area contributed by atoms with E-state index in [4.69, 9.17) is 0 Å². The van der Waals surface area contributed by atoms with E-state index in [2.05, 4.69) is 53.7 Å². The van der Waals surface area contributed by atoms with E-state index in [0.29, 0.717) is 5.16 Å². The van der Waals surface area contributed by atoms with Gasteiger partial charge in [-0.2, -0.15) is 0 Å². The van der Waals surface area contributed by atoms with Gasteiger partial charge in [-0.15, -0.1) is 8.58 Å². The molecule has 0 aliphatic heterocycles. The summed E-state index contributed by atoms with van der Waals surface area (Å²) in [6.07, 6.45) is 2.63. The third-order valence-corrected chi connectivity index (χ3v) is 6.62. The van der Waals surface area contributed by atoms with Crippen LogP contribution >= 0.6 is 8.58 Å². The van der Waals surface area contributed by atoms with Gasteiger partial charge >= 0.3 is 0 Å². The fourth-order valence-electron chi connectivity index (χ4n) is 3.28. The van der Waals surface area contributed by atoms with E-state index in [9.17, 15) is 0 Å². The molecule has 0 fully saturated rings. The second-order valence-electron chi connectivity index (χ2n) is 5.75. The Bertz CT molecular complexity index is 511. The molecule has 1 aliphatic rings. The second-order valence-corrected chi connectivity index (χ2v) is 7.60. The van der Waals surface area contributed by atoms with Crippen LogP contribution in [0.4, 0.5) is 0 Å². The van der Waals surface area contributed by atoms with Gasteiger partial charge in [0.25, 0.3) is 0 Å². The zero-order chi connectivity index (χ0) is 13.5. The zero-order valence-corrected chi connectivity index (χ0v) is 13.6. The minimum absolute atomic E-state index is 0.297. The van der Waals surface area contributed by atoms with Crippen LogP contribution in [0.5, 0.6) is 0 Å². The Labute approximate surface area is 114 Å². The molecule has 0 amide bonds. The molecular weight excluding hydrogens is 235 g/mol. The van der Waals surface area contributed by atoms with Crippen molar-refractivity contribution < 1.29 is 0 Å². The van der Waals surface area contributed by atoms with Gasteiger partial charge in [-0.25, -0.2) is 0 Å². The van der Waals surface area contributed by atoms with Gasteiger partial charge in [0, 0.05) is 5.16 Å². The van der Waals surface area contributed by atoms with Gasteiger partial charge in [0.05, 0.1) is 0 Å². The highest BCUT2D eigenvalue weighted by Crippen LogP contribution is 2.57. The summed E-state index contributed by atoms with van der Waals surface area (Å²) in [4.78, 5) is 0. The quantitative estimate of drug-likeness (QED) is 0.637. The van der Waals surface area contributed by atoms with E-state index >= 15 is 0 Å². The fourth-order valence-corrected chi connectivity index (χ4v) is 4.99. The van der Waals surface area contributed by atoms with Crippen molar-refractivity contribution in [2.24, 2.45) is 0 Å². The van der Waals surface area contributed by atoms with E-state index in [1.165, 1.54) is 29.3 Å². The summed E-state index contributed by atoms with van der Waals surface area (Å²) < 4.78 is 0. The standard InChI is InChI=1S/C17H25P/c1-7-10-18-17(6)14(5)13(4)15-11(2)8-9-12(3)16(15)17/h8-9,18H,7,10H2,1-6H3. The Kier molecular flexibility index (Phi) is 3.70. The average Bonchev–Trinajstić information content (AvgIpc) is 2.55. The molecule has 0 bridgehead atoms. The van der Waals surface area contributed by atoms with Gasteiger partial charge < -0.3 is 0 Å². The molecule has 1 heteroatoms. The Morgan fingerprint density at radius 3 is 2.28 bits per heavy atom. The van der Waals surface area contributed by atoms with E-state index in [-0.39, 0.29) is 0 Å². The molecule has 18 heavy (non-hydrogen) atoms. The van der Waals surface area contributed by atoms with Crippen LogP contribution in [0.25, 0.3) is 5.57 Å². The molecule has 0 radical (unpaired) electrons. The molecule has 1 aromatic rings.